The van der Waals surface area contributed by atoms with E-state index in [4.69, 9.17) is 4.74 Å². The van der Waals surface area contributed by atoms with E-state index >= 15 is 0 Å². The van der Waals surface area contributed by atoms with Gasteiger partial charge in [-0.15, -0.1) is 11.3 Å². The second-order valence-corrected chi connectivity index (χ2v) is 12.4. The first kappa shape index (κ1) is 27.7. The van der Waals surface area contributed by atoms with Gasteiger partial charge in [-0.25, -0.2) is 8.42 Å². The smallest absolute Gasteiger partial charge is 0.258 e. The molecule has 2 amide bonds. The van der Waals surface area contributed by atoms with Crippen LogP contribution in [0.4, 0.5) is 5.69 Å². The number of aliphatic hydroxyl groups excluding tert-OH is 1. The zero-order valence-electron chi connectivity index (χ0n) is 21.3. The van der Waals surface area contributed by atoms with Crippen LogP contribution in [0, 0.1) is 5.92 Å². The van der Waals surface area contributed by atoms with Gasteiger partial charge in [-0.1, -0.05) is 19.1 Å². The minimum absolute atomic E-state index is 0.00299. The summed E-state index contributed by atoms with van der Waals surface area (Å²) in [5.41, 5.74) is 0.854. The number of ether oxygens (including phenoxy) is 1. The molecule has 4 rings (SSSR count). The Morgan fingerprint density at radius 3 is 2.66 bits per heavy atom. The lowest BCUT2D eigenvalue weighted by Gasteiger charge is -2.38. The molecule has 0 bridgehead atoms. The standard InChI is InChI=1S/C26H30N4O6S2/c1-17-14-30(18(2)16-31)26(33)20-6-4-7-21(28-25(32)19-9-11-27-12-10-19)24(20)36-22(17)15-29(3)38(34,35)23-8-5-13-37-23/h4-13,17-18,22,31H,14-16H2,1-3H3,(H,28,32)/t17-,18+,22-/m0/s1. The fourth-order valence-electron chi connectivity index (χ4n) is 4.17. The number of thiophene rings is 1. The minimum atomic E-state index is -3.75. The molecule has 0 saturated heterocycles. The molecule has 12 heteroatoms. The summed E-state index contributed by atoms with van der Waals surface area (Å²) in [7, 11) is -2.26. The molecule has 0 saturated carbocycles. The van der Waals surface area contributed by atoms with E-state index in [-0.39, 0.29) is 52.7 Å². The Kier molecular flexibility index (Phi) is 8.46. The van der Waals surface area contributed by atoms with Gasteiger partial charge in [-0.05, 0) is 42.6 Å². The highest BCUT2D eigenvalue weighted by atomic mass is 32.2. The van der Waals surface area contributed by atoms with Crippen molar-refractivity contribution >= 4 is 38.9 Å². The molecule has 0 aliphatic carbocycles. The molecule has 0 fully saturated rings. The molecular formula is C26H30N4O6S2. The number of hydrogen-bond acceptors (Lipinski definition) is 8. The van der Waals surface area contributed by atoms with Crippen LogP contribution in [0.15, 0.2) is 64.4 Å². The second-order valence-electron chi connectivity index (χ2n) is 9.21. The molecule has 2 N–H and O–H groups in total. The van der Waals surface area contributed by atoms with Crippen LogP contribution in [0.2, 0.25) is 0 Å². The minimum Gasteiger partial charge on any atom is -0.486 e. The van der Waals surface area contributed by atoms with Gasteiger partial charge in [0.15, 0.2) is 5.75 Å². The number of pyridine rings is 1. The molecule has 2 aromatic heterocycles. The van der Waals surface area contributed by atoms with Gasteiger partial charge >= 0.3 is 0 Å². The van der Waals surface area contributed by atoms with Crippen molar-refractivity contribution in [2.24, 2.45) is 5.92 Å². The summed E-state index contributed by atoms with van der Waals surface area (Å²) in [5.74, 6) is -0.938. The zero-order valence-corrected chi connectivity index (χ0v) is 22.9. The number of nitrogens with zero attached hydrogens (tertiary/aromatic N) is 3. The number of hydrogen-bond donors (Lipinski definition) is 2. The van der Waals surface area contributed by atoms with Crippen molar-refractivity contribution in [2.75, 3.05) is 32.1 Å². The number of fused-ring (bicyclic) bond motifs is 1. The van der Waals surface area contributed by atoms with Crippen LogP contribution in [0.1, 0.15) is 34.6 Å². The number of aliphatic hydroxyl groups is 1. The molecule has 0 unspecified atom stereocenters. The summed E-state index contributed by atoms with van der Waals surface area (Å²) in [5, 5.41) is 14.4. The van der Waals surface area contributed by atoms with Crippen molar-refractivity contribution in [1.82, 2.24) is 14.2 Å². The molecule has 3 atom stereocenters. The van der Waals surface area contributed by atoms with E-state index in [0.717, 1.165) is 11.3 Å². The summed E-state index contributed by atoms with van der Waals surface area (Å²) >= 11 is 1.13. The van der Waals surface area contributed by atoms with E-state index in [1.807, 2.05) is 6.92 Å². The summed E-state index contributed by atoms with van der Waals surface area (Å²) in [6, 6.07) is 10.7. The highest BCUT2D eigenvalue weighted by Crippen LogP contribution is 2.35. The predicted molar refractivity (Wildman–Crippen MR) is 144 cm³/mol. The maximum atomic E-state index is 13.6. The van der Waals surface area contributed by atoms with Gasteiger partial charge in [0.2, 0.25) is 0 Å². The first-order chi connectivity index (χ1) is 18.1. The number of carbonyl (C=O) groups is 2. The van der Waals surface area contributed by atoms with Crippen LogP contribution in [-0.2, 0) is 10.0 Å². The first-order valence-electron chi connectivity index (χ1n) is 12.1. The number of anilines is 1. The summed E-state index contributed by atoms with van der Waals surface area (Å²) in [4.78, 5) is 32.0. The third-order valence-electron chi connectivity index (χ3n) is 6.48. The molecule has 3 heterocycles. The molecule has 0 radical (unpaired) electrons. The summed E-state index contributed by atoms with van der Waals surface area (Å²) in [6.07, 6.45) is 2.33. The van der Waals surface area contributed by atoms with Crippen molar-refractivity contribution in [3.8, 4) is 5.75 Å². The third-order valence-corrected chi connectivity index (χ3v) is 9.67. The number of benzene rings is 1. The largest absolute Gasteiger partial charge is 0.486 e. The van der Waals surface area contributed by atoms with Crippen LogP contribution in [0.5, 0.6) is 5.75 Å². The number of carbonyl (C=O) groups excluding carboxylic acids is 2. The fourth-order valence-corrected chi connectivity index (χ4v) is 6.56. The Hall–Kier alpha value is -3.32. The molecule has 1 aliphatic rings. The van der Waals surface area contributed by atoms with Gasteiger partial charge in [-0.2, -0.15) is 4.31 Å². The first-order valence-corrected chi connectivity index (χ1v) is 14.4. The molecule has 202 valence electrons. The van der Waals surface area contributed by atoms with Crippen molar-refractivity contribution < 1.29 is 27.9 Å². The third kappa shape index (κ3) is 5.73. The van der Waals surface area contributed by atoms with E-state index in [1.165, 1.54) is 23.7 Å². The van der Waals surface area contributed by atoms with Crippen LogP contribution < -0.4 is 10.1 Å². The Labute approximate surface area is 225 Å². The van der Waals surface area contributed by atoms with Crippen LogP contribution in [0.3, 0.4) is 0 Å². The molecule has 10 nitrogen and oxygen atoms in total. The van der Waals surface area contributed by atoms with Gasteiger partial charge in [0.25, 0.3) is 21.8 Å². The highest BCUT2D eigenvalue weighted by Gasteiger charge is 2.36. The second kappa shape index (κ2) is 11.6. The lowest BCUT2D eigenvalue weighted by molar-refractivity contribution is 0.0388. The molecular weight excluding hydrogens is 528 g/mol. The maximum absolute atomic E-state index is 13.6. The molecule has 1 aromatic carbocycles. The number of amides is 2. The van der Waals surface area contributed by atoms with Crippen molar-refractivity contribution in [2.45, 2.75) is 30.2 Å². The van der Waals surface area contributed by atoms with E-state index in [1.54, 1.807) is 59.7 Å². The lowest BCUT2D eigenvalue weighted by atomic mass is 9.99. The number of aromatic nitrogens is 1. The topological polar surface area (TPSA) is 129 Å². The van der Waals surface area contributed by atoms with Crippen LogP contribution in [0.25, 0.3) is 0 Å². The maximum Gasteiger partial charge on any atom is 0.258 e. The van der Waals surface area contributed by atoms with Gasteiger partial charge < -0.3 is 20.1 Å². The average molecular weight is 559 g/mol. The number of nitrogens with one attached hydrogen (secondary N) is 1. The number of rotatable bonds is 8. The fraction of sp³-hybridized carbons (Fsp3) is 0.346. The molecule has 3 aromatic rings. The quantitative estimate of drug-likeness (QED) is 0.435. The molecule has 0 spiro atoms. The zero-order chi connectivity index (χ0) is 27.4. The van der Waals surface area contributed by atoms with E-state index in [9.17, 15) is 23.1 Å². The van der Waals surface area contributed by atoms with E-state index < -0.39 is 28.1 Å². The number of likely N-dealkylation sites (N-methyl/N-ethyl adjacent to an activating group) is 1. The van der Waals surface area contributed by atoms with Crippen molar-refractivity contribution in [3.63, 3.8) is 0 Å². The van der Waals surface area contributed by atoms with Gasteiger partial charge in [0, 0.05) is 37.5 Å². The Morgan fingerprint density at radius 1 is 1.26 bits per heavy atom. The SMILES string of the molecule is C[C@H](CO)N1C[C@H](C)[C@H](CN(C)S(=O)(=O)c2cccs2)Oc2c(NC(=O)c3ccncc3)cccc2C1=O. The Morgan fingerprint density at radius 2 is 2.00 bits per heavy atom. The normalized spacial score (nSPS) is 18.8. The van der Waals surface area contributed by atoms with Crippen molar-refractivity contribution in [1.29, 1.82) is 0 Å². The highest BCUT2D eigenvalue weighted by molar-refractivity contribution is 7.91. The lowest BCUT2D eigenvalue weighted by Crippen LogP contribution is -2.50. The van der Waals surface area contributed by atoms with Gasteiger partial charge in [-0.3, -0.25) is 14.6 Å². The van der Waals surface area contributed by atoms with Gasteiger partial charge in [0.05, 0.1) is 30.4 Å². The number of sulfonamides is 1. The van der Waals surface area contributed by atoms with E-state index in [2.05, 4.69) is 10.3 Å². The van der Waals surface area contributed by atoms with Gasteiger partial charge in [0.1, 0.15) is 10.3 Å². The predicted octanol–water partition coefficient (Wildman–Crippen LogP) is 2.94. The monoisotopic (exact) mass is 558 g/mol. The Bertz CT molecular complexity index is 1380. The Balaban J connectivity index is 1.73. The molecule has 38 heavy (non-hydrogen) atoms. The van der Waals surface area contributed by atoms with Crippen LogP contribution in [-0.4, -0.2) is 78.4 Å². The summed E-state index contributed by atoms with van der Waals surface area (Å²) < 4.78 is 34.1. The number of para-hydroxylation sites is 1. The molecule has 1 aliphatic heterocycles. The summed E-state index contributed by atoms with van der Waals surface area (Å²) in [6.45, 7) is 3.60. The van der Waals surface area contributed by atoms with Crippen LogP contribution >= 0.6 is 11.3 Å². The van der Waals surface area contributed by atoms with Crippen molar-refractivity contribution in [3.05, 3.63) is 71.4 Å². The van der Waals surface area contributed by atoms with E-state index in [0.29, 0.717) is 5.56 Å². The average Bonchev–Trinajstić information content (AvgIpc) is 3.47.